The number of halogens is 1. The highest BCUT2D eigenvalue weighted by Gasteiger charge is 2.11. The Balaban J connectivity index is 0.00000139. The van der Waals surface area contributed by atoms with Crippen LogP contribution in [-0.2, 0) is 18.0 Å². The van der Waals surface area contributed by atoms with Crippen LogP contribution in [0.1, 0.15) is 43.6 Å². The van der Waals surface area contributed by atoms with Gasteiger partial charge in [0.2, 0.25) is 0 Å². The molecule has 1 atom stereocenters. The molecule has 132 valence electrons. The number of ether oxygens (including phenoxy) is 1. The lowest BCUT2D eigenvalue weighted by molar-refractivity contribution is 0.0638. The Morgan fingerprint density at radius 3 is 2.25 bits per heavy atom. The minimum atomic E-state index is -0.492. The Labute approximate surface area is 143 Å². The van der Waals surface area contributed by atoms with E-state index >= 15 is 0 Å². The van der Waals surface area contributed by atoms with Crippen LogP contribution in [0.3, 0.4) is 0 Å². The van der Waals surface area contributed by atoms with Crippen molar-refractivity contribution in [3.05, 3.63) is 65.0 Å². The van der Waals surface area contributed by atoms with Crippen molar-refractivity contribution in [1.82, 2.24) is 5.32 Å². The van der Waals surface area contributed by atoms with Gasteiger partial charge in [-0.15, -0.1) is 0 Å². The molecule has 0 spiro atoms. The van der Waals surface area contributed by atoms with Crippen LogP contribution in [-0.4, -0.2) is 7.05 Å². The summed E-state index contributed by atoms with van der Waals surface area (Å²) in [6.45, 7) is 6.91. The van der Waals surface area contributed by atoms with Gasteiger partial charge >= 0.3 is 0 Å². The van der Waals surface area contributed by atoms with E-state index in [0.717, 1.165) is 12.1 Å². The maximum absolute atomic E-state index is 13.9. The molecule has 24 heavy (non-hydrogen) atoms. The number of nitrogens with one attached hydrogen (secondary N) is 1. The van der Waals surface area contributed by atoms with E-state index < -0.39 is 6.10 Å². The lowest BCUT2D eigenvalue weighted by Gasteiger charge is -2.12. The molecule has 0 aliphatic rings. The Morgan fingerprint density at radius 1 is 1.08 bits per heavy atom. The zero-order valence-corrected chi connectivity index (χ0v) is 14.8. The topological polar surface area (TPSA) is 56.5 Å². The molecule has 0 saturated carbocycles. The number of nitrogens with two attached hydrogens (primary N) is 1. The minimum Gasteiger partial charge on any atom is -0.489 e. The lowest BCUT2D eigenvalue weighted by atomic mass is 10.1. The summed E-state index contributed by atoms with van der Waals surface area (Å²) in [5.41, 5.74) is 2.65. The SMILES string of the molecule is CC.CNCc1ccc(COc2ccc(C(C)ON)c(F)c2)cc1. The van der Waals surface area contributed by atoms with Crippen LogP contribution in [0, 0.1) is 5.82 Å². The largest absolute Gasteiger partial charge is 0.489 e. The van der Waals surface area contributed by atoms with Gasteiger partial charge < -0.3 is 10.1 Å². The van der Waals surface area contributed by atoms with Crippen molar-refractivity contribution in [2.24, 2.45) is 5.90 Å². The molecule has 0 radical (unpaired) electrons. The van der Waals surface area contributed by atoms with Crippen molar-refractivity contribution in [2.45, 2.75) is 40.0 Å². The maximum Gasteiger partial charge on any atom is 0.132 e. The zero-order chi connectivity index (χ0) is 17.9. The predicted molar refractivity (Wildman–Crippen MR) is 95.0 cm³/mol. The van der Waals surface area contributed by atoms with Crippen LogP contribution in [0.5, 0.6) is 5.75 Å². The highest BCUT2D eigenvalue weighted by Crippen LogP contribution is 2.23. The Morgan fingerprint density at radius 2 is 1.71 bits per heavy atom. The van der Waals surface area contributed by atoms with Crippen LogP contribution in [0.4, 0.5) is 4.39 Å². The molecule has 0 amide bonds. The van der Waals surface area contributed by atoms with Crippen LogP contribution in [0.25, 0.3) is 0 Å². The first-order chi connectivity index (χ1) is 11.6. The van der Waals surface area contributed by atoms with E-state index in [1.807, 2.05) is 45.2 Å². The third kappa shape index (κ3) is 5.92. The van der Waals surface area contributed by atoms with E-state index in [2.05, 4.69) is 10.2 Å². The molecule has 0 aromatic heterocycles. The first kappa shape index (κ1) is 20.1. The Bertz CT molecular complexity index is 603. The third-order valence-electron chi connectivity index (χ3n) is 3.42. The van der Waals surface area contributed by atoms with Crippen molar-refractivity contribution >= 4 is 0 Å². The first-order valence-corrected chi connectivity index (χ1v) is 8.14. The fourth-order valence-electron chi connectivity index (χ4n) is 2.12. The van der Waals surface area contributed by atoms with Crippen molar-refractivity contribution in [3.63, 3.8) is 0 Å². The van der Waals surface area contributed by atoms with E-state index in [1.54, 1.807) is 19.1 Å². The van der Waals surface area contributed by atoms with Gasteiger partial charge in [-0.05, 0) is 37.2 Å². The molecule has 2 rings (SSSR count). The smallest absolute Gasteiger partial charge is 0.132 e. The summed E-state index contributed by atoms with van der Waals surface area (Å²) in [4.78, 5) is 4.63. The fourth-order valence-corrected chi connectivity index (χ4v) is 2.12. The van der Waals surface area contributed by atoms with Gasteiger partial charge in [0.15, 0.2) is 0 Å². The average Bonchev–Trinajstić information content (AvgIpc) is 2.62. The maximum atomic E-state index is 13.9. The van der Waals surface area contributed by atoms with Gasteiger partial charge in [-0.25, -0.2) is 10.3 Å². The van der Waals surface area contributed by atoms with E-state index in [1.165, 1.54) is 11.6 Å². The number of rotatable bonds is 7. The number of hydrogen-bond donors (Lipinski definition) is 2. The Kier molecular flexibility index (Phi) is 9.01. The molecule has 0 fully saturated rings. The third-order valence-corrected chi connectivity index (χ3v) is 3.42. The molecule has 4 nitrogen and oxygen atoms in total. The molecule has 2 aromatic carbocycles. The summed E-state index contributed by atoms with van der Waals surface area (Å²) in [5.74, 6) is 5.16. The predicted octanol–water partition coefficient (Wildman–Crippen LogP) is 4.10. The van der Waals surface area contributed by atoms with Crippen molar-refractivity contribution < 1.29 is 14.0 Å². The van der Waals surface area contributed by atoms with Crippen molar-refractivity contribution in [3.8, 4) is 5.75 Å². The molecule has 5 heteroatoms. The van der Waals surface area contributed by atoms with Crippen molar-refractivity contribution in [2.75, 3.05) is 7.05 Å². The minimum absolute atomic E-state index is 0.389. The molecule has 1 unspecified atom stereocenters. The molecule has 0 aliphatic heterocycles. The van der Waals surface area contributed by atoms with E-state index in [-0.39, 0.29) is 5.82 Å². The quantitative estimate of drug-likeness (QED) is 0.749. The second-order valence-corrected chi connectivity index (χ2v) is 5.10. The summed E-state index contributed by atoms with van der Waals surface area (Å²) < 4.78 is 19.5. The average molecular weight is 334 g/mol. The summed E-state index contributed by atoms with van der Waals surface area (Å²) in [7, 11) is 1.91. The second-order valence-electron chi connectivity index (χ2n) is 5.10. The van der Waals surface area contributed by atoms with Gasteiger partial charge in [0, 0.05) is 18.2 Å². The highest BCUT2D eigenvalue weighted by molar-refractivity contribution is 5.30. The van der Waals surface area contributed by atoms with Crippen LogP contribution in [0.2, 0.25) is 0 Å². The standard InChI is InChI=1S/C17H21FN2O2.C2H6/c1-12(22-19)16-8-7-15(9-17(16)18)21-11-14-5-3-13(4-6-14)10-20-2;1-2/h3-9,12,20H,10-11,19H2,1-2H3;1-2H3. The van der Waals surface area contributed by atoms with Crippen LogP contribution >= 0.6 is 0 Å². The van der Waals surface area contributed by atoms with Gasteiger partial charge in [0.1, 0.15) is 24.3 Å². The zero-order valence-electron chi connectivity index (χ0n) is 14.8. The molecule has 0 aliphatic carbocycles. The molecule has 0 bridgehead atoms. The van der Waals surface area contributed by atoms with Gasteiger partial charge in [0.05, 0.1) is 0 Å². The molecule has 0 heterocycles. The lowest BCUT2D eigenvalue weighted by Crippen LogP contribution is -2.07. The monoisotopic (exact) mass is 334 g/mol. The van der Waals surface area contributed by atoms with Crippen LogP contribution in [0.15, 0.2) is 42.5 Å². The summed E-state index contributed by atoms with van der Waals surface area (Å²) in [6.07, 6.45) is -0.492. The van der Waals surface area contributed by atoms with Crippen LogP contribution < -0.4 is 16.0 Å². The van der Waals surface area contributed by atoms with Crippen molar-refractivity contribution in [1.29, 1.82) is 0 Å². The summed E-state index contributed by atoms with van der Waals surface area (Å²) in [5, 5.41) is 3.09. The normalized spacial score (nSPS) is 11.4. The van der Waals surface area contributed by atoms with Gasteiger partial charge in [-0.2, -0.15) is 0 Å². The fraction of sp³-hybridized carbons (Fsp3) is 0.368. The molecule has 2 aromatic rings. The van der Waals surface area contributed by atoms with Gasteiger partial charge in [0.25, 0.3) is 0 Å². The van der Waals surface area contributed by atoms with E-state index in [0.29, 0.717) is 17.9 Å². The summed E-state index contributed by atoms with van der Waals surface area (Å²) >= 11 is 0. The first-order valence-electron chi connectivity index (χ1n) is 8.14. The molecular weight excluding hydrogens is 307 g/mol. The molecule has 3 N–H and O–H groups in total. The molecule has 0 saturated heterocycles. The number of hydrogen-bond acceptors (Lipinski definition) is 4. The Hall–Kier alpha value is -1.95. The molecular formula is C19H27FN2O2. The van der Waals surface area contributed by atoms with E-state index in [9.17, 15) is 4.39 Å². The van der Waals surface area contributed by atoms with Gasteiger partial charge in [-0.3, -0.25) is 4.84 Å². The second kappa shape index (κ2) is 10.8. The van der Waals surface area contributed by atoms with Gasteiger partial charge in [-0.1, -0.05) is 38.1 Å². The highest BCUT2D eigenvalue weighted by atomic mass is 19.1. The van der Waals surface area contributed by atoms with E-state index in [4.69, 9.17) is 10.6 Å². The summed E-state index contributed by atoms with van der Waals surface area (Å²) in [6, 6.07) is 12.8. The number of benzene rings is 2.